The predicted octanol–water partition coefficient (Wildman–Crippen LogP) is 3.93. The molecular formula is C20H20F2N2O2S. The molecule has 1 unspecified atom stereocenters. The van der Waals surface area contributed by atoms with E-state index in [-0.39, 0.29) is 23.5 Å². The van der Waals surface area contributed by atoms with Crippen LogP contribution in [0.5, 0.6) is 0 Å². The zero-order valence-electron chi connectivity index (χ0n) is 14.7. The highest BCUT2D eigenvalue weighted by Gasteiger charge is 2.28. The molecule has 3 rings (SSSR count). The molecule has 4 nitrogen and oxygen atoms in total. The van der Waals surface area contributed by atoms with Gasteiger partial charge in [0.25, 0.3) is 0 Å². The number of thioether (sulfide) groups is 1. The molecule has 2 aromatic rings. The van der Waals surface area contributed by atoms with Crippen LogP contribution in [-0.4, -0.2) is 35.6 Å². The number of benzene rings is 2. The molecule has 1 N–H and O–H groups in total. The summed E-state index contributed by atoms with van der Waals surface area (Å²) in [6, 6.07) is 12.8. The topological polar surface area (TPSA) is 49.4 Å². The van der Waals surface area contributed by atoms with Crippen LogP contribution in [0.3, 0.4) is 0 Å². The molecule has 1 saturated heterocycles. The summed E-state index contributed by atoms with van der Waals surface area (Å²) in [6.45, 7) is 0.974. The Bertz CT molecular complexity index is 817. The summed E-state index contributed by atoms with van der Waals surface area (Å²) >= 11 is 1.16. The normalized spacial score (nSPS) is 16.8. The molecule has 1 heterocycles. The van der Waals surface area contributed by atoms with Gasteiger partial charge in [-0.25, -0.2) is 8.78 Å². The molecule has 142 valence electrons. The molecule has 0 saturated carbocycles. The summed E-state index contributed by atoms with van der Waals surface area (Å²) in [7, 11) is 0. The number of anilines is 1. The van der Waals surface area contributed by atoms with Gasteiger partial charge in [0.05, 0.1) is 11.7 Å². The van der Waals surface area contributed by atoms with Crippen molar-refractivity contribution in [1.29, 1.82) is 0 Å². The number of hydrogen-bond donors (Lipinski definition) is 1. The first kappa shape index (κ1) is 19.4. The number of para-hydroxylation sites is 1. The number of piperidine rings is 1. The standard InChI is InChI=1S/C20H20F2N2O2S/c21-17-9-8-16(11-18(17)22)27-13-19(25)24-10-4-5-14(12-24)20(26)23-15-6-2-1-3-7-15/h1-3,6-9,11,14H,4-5,10,12-13H2,(H,23,26). The van der Waals surface area contributed by atoms with Crippen LogP contribution < -0.4 is 5.32 Å². The molecule has 1 aliphatic heterocycles. The van der Waals surface area contributed by atoms with Crippen molar-refractivity contribution in [3.05, 3.63) is 60.2 Å². The highest BCUT2D eigenvalue weighted by Crippen LogP contribution is 2.23. The largest absolute Gasteiger partial charge is 0.341 e. The first-order chi connectivity index (χ1) is 13.0. The van der Waals surface area contributed by atoms with Crippen LogP contribution >= 0.6 is 11.8 Å². The van der Waals surface area contributed by atoms with Gasteiger partial charge in [0, 0.05) is 23.7 Å². The van der Waals surface area contributed by atoms with Crippen molar-refractivity contribution < 1.29 is 18.4 Å². The number of hydrogen-bond acceptors (Lipinski definition) is 3. The molecule has 27 heavy (non-hydrogen) atoms. The van der Waals surface area contributed by atoms with E-state index in [2.05, 4.69) is 5.32 Å². The Labute approximate surface area is 160 Å². The van der Waals surface area contributed by atoms with E-state index in [9.17, 15) is 18.4 Å². The highest BCUT2D eigenvalue weighted by molar-refractivity contribution is 8.00. The van der Waals surface area contributed by atoms with Crippen molar-refractivity contribution in [3.63, 3.8) is 0 Å². The smallest absolute Gasteiger partial charge is 0.232 e. The summed E-state index contributed by atoms with van der Waals surface area (Å²) < 4.78 is 26.2. The lowest BCUT2D eigenvalue weighted by Crippen LogP contribution is -2.44. The predicted molar refractivity (Wildman–Crippen MR) is 101 cm³/mol. The maximum Gasteiger partial charge on any atom is 0.232 e. The number of rotatable bonds is 5. The molecule has 0 aromatic heterocycles. The van der Waals surface area contributed by atoms with Gasteiger partial charge in [0.15, 0.2) is 11.6 Å². The summed E-state index contributed by atoms with van der Waals surface area (Å²) in [5.74, 6) is -2.17. The summed E-state index contributed by atoms with van der Waals surface area (Å²) in [6.07, 6.45) is 1.49. The molecular weight excluding hydrogens is 370 g/mol. The zero-order chi connectivity index (χ0) is 19.2. The Morgan fingerprint density at radius 3 is 2.63 bits per heavy atom. The van der Waals surface area contributed by atoms with Gasteiger partial charge in [-0.05, 0) is 43.2 Å². The van der Waals surface area contributed by atoms with Crippen molar-refractivity contribution in [2.75, 3.05) is 24.2 Å². The average molecular weight is 390 g/mol. The minimum Gasteiger partial charge on any atom is -0.341 e. The molecule has 7 heteroatoms. The number of nitrogens with zero attached hydrogens (tertiary/aromatic N) is 1. The van der Waals surface area contributed by atoms with Crippen LogP contribution in [0.2, 0.25) is 0 Å². The second-order valence-corrected chi connectivity index (χ2v) is 7.45. The highest BCUT2D eigenvalue weighted by atomic mass is 32.2. The van der Waals surface area contributed by atoms with Crippen LogP contribution in [0, 0.1) is 17.6 Å². The summed E-state index contributed by atoms with van der Waals surface area (Å²) in [5, 5.41) is 2.88. The van der Waals surface area contributed by atoms with Gasteiger partial charge >= 0.3 is 0 Å². The molecule has 0 bridgehead atoms. The van der Waals surface area contributed by atoms with E-state index in [1.807, 2.05) is 30.3 Å². The SMILES string of the molecule is O=C(Nc1ccccc1)C1CCCN(C(=O)CSc2ccc(F)c(F)c2)C1. The molecule has 1 atom stereocenters. The first-order valence-electron chi connectivity index (χ1n) is 8.74. The monoisotopic (exact) mass is 390 g/mol. The quantitative estimate of drug-likeness (QED) is 0.787. The third kappa shape index (κ3) is 5.29. The molecule has 2 aromatic carbocycles. The van der Waals surface area contributed by atoms with Gasteiger partial charge in [-0.2, -0.15) is 0 Å². The van der Waals surface area contributed by atoms with E-state index >= 15 is 0 Å². The van der Waals surface area contributed by atoms with Crippen LogP contribution in [0.4, 0.5) is 14.5 Å². The van der Waals surface area contributed by atoms with Crippen molar-refractivity contribution in [2.45, 2.75) is 17.7 Å². The minimum absolute atomic E-state index is 0.0908. The van der Waals surface area contributed by atoms with Crippen LogP contribution in [0.1, 0.15) is 12.8 Å². The Balaban J connectivity index is 1.52. The minimum atomic E-state index is -0.928. The van der Waals surface area contributed by atoms with Gasteiger partial charge in [-0.3, -0.25) is 9.59 Å². The Kier molecular flexibility index (Phi) is 6.45. The summed E-state index contributed by atoms with van der Waals surface area (Å²) in [5.41, 5.74) is 0.736. The molecule has 0 radical (unpaired) electrons. The van der Waals surface area contributed by atoms with Crippen LogP contribution in [0.15, 0.2) is 53.4 Å². The van der Waals surface area contributed by atoms with Crippen molar-refractivity contribution in [2.24, 2.45) is 5.92 Å². The average Bonchev–Trinajstić information content (AvgIpc) is 2.69. The molecule has 0 spiro atoms. The van der Waals surface area contributed by atoms with Crippen LogP contribution in [-0.2, 0) is 9.59 Å². The van der Waals surface area contributed by atoms with Gasteiger partial charge in [-0.1, -0.05) is 18.2 Å². The lowest BCUT2D eigenvalue weighted by atomic mass is 9.97. The van der Waals surface area contributed by atoms with E-state index < -0.39 is 11.6 Å². The maximum atomic E-state index is 13.2. The Morgan fingerprint density at radius 1 is 1.11 bits per heavy atom. The van der Waals surface area contributed by atoms with E-state index in [1.54, 1.807) is 4.90 Å². The lowest BCUT2D eigenvalue weighted by molar-refractivity contribution is -0.132. The number of amides is 2. The zero-order valence-corrected chi connectivity index (χ0v) is 15.5. The van der Waals surface area contributed by atoms with Gasteiger partial charge < -0.3 is 10.2 Å². The van der Waals surface area contributed by atoms with Crippen molar-refractivity contribution in [3.8, 4) is 0 Å². The van der Waals surface area contributed by atoms with E-state index in [0.29, 0.717) is 18.0 Å². The summed E-state index contributed by atoms with van der Waals surface area (Å²) in [4.78, 5) is 27.1. The number of nitrogens with one attached hydrogen (secondary N) is 1. The molecule has 1 fully saturated rings. The number of likely N-dealkylation sites (tertiary alicyclic amines) is 1. The fourth-order valence-electron chi connectivity index (χ4n) is 2.99. The molecule has 2 amide bonds. The van der Waals surface area contributed by atoms with E-state index in [1.165, 1.54) is 6.07 Å². The van der Waals surface area contributed by atoms with Gasteiger partial charge in [0.1, 0.15) is 0 Å². The van der Waals surface area contributed by atoms with E-state index in [0.717, 1.165) is 42.4 Å². The Morgan fingerprint density at radius 2 is 1.89 bits per heavy atom. The third-order valence-electron chi connectivity index (χ3n) is 4.44. The van der Waals surface area contributed by atoms with Crippen molar-refractivity contribution >= 4 is 29.3 Å². The van der Waals surface area contributed by atoms with Crippen molar-refractivity contribution in [1.82, 2.24) is 4.90 Å². The van der Waals surface area contributed by atoms with Crippen LogP contribution in [0.25, 0.3) is 0 Å². The third-order valence-corrected chi connectivity index (χ3v) is 5.42. The fraction of sp³-hybridized carbons (Fsp3) is 0.300. The number of carbonyl (C=O) groups excluding carboxylic acids is 2. The Hall–Kier alpha value is -2.41. The maximum absolute atomic E-state index is 13.2. The van der Waals surface area contributed by atoms with Gasteiger partial charge in [0.2, 0.25) is 11.8 Å². The number of halogens is 2. The second kappa shape index (κ2) is 8.99. The second-order valence-electron chi connectivity index (χ2n) is 6.40. The first-order valence-corrected chi connectivity index (χ1v) is 9.73. The fourth-order valence-corrected chi connectivity index (χ4v) is 3.81. The lowest BCUT2D eigenvalue weighted by Gasteiger charge is -2.32. The molecule has 1 aliphatic rings. The molecule has 0 aliphatic carbocycles. The van der Waals surface area contributed by atoms with Gasteiger partial charge in [-0.15, -0.1) is 11.8 Å². The van der Waals surface area contributed by atoms with E-state index in [4.69, 9.17) is 0 Å². The number of carbonyl (C=O) groups is 2.